The van der Waals surface area contributed by atoms with Crippen LogP contribution in [0.15, 0.2) is 42.5 Å². The number of ether oxygens (including phenoxy) is 1. The van der Waals surface area contributed by atoms with E-state index in [-0.39, 0.29) is 5.91 Å². The minimum atomic E-state index is -0.438. The van der Waals surface area contributed by atoms with Crippen LogP contribution in [0.3, 0.4) is 0 Å². The van der Waals surface area contributed by atoms with Gasteiger partial charge >= 0.3 is 0 Å². The van der Waals surface area contributed by atoms with Crippen molar-refractivity contribution in [2.24, 2.45) is 0 Å². The second kappa shape index (κ2) is 8.60. The van der Waals surface area contributed by atoms with E-state index in [1.165, 1.54) is 5.56 Å². The molecule has 0 aliphatic carbocycles. The highest BCUT2D eigenvalue weighted by Crippen LogP contribution is 2.41. The number of nitrogens with one attached hydrogen (secondary N) is 1. The van der Waals surface area contributed by atoms with Crippen LogP contribution in [0, 0.1) is 0 Å². The number of amides is 1. The zero-order chi connectivity index (χ0) is 21.3. The molecule has 0 saturated heterocycles. The number of aliphatic hydroxyl groups excluding tert-OH is 2. The molecule has 0 fully saturated rings. The number of carbonyl (C=O) groups excluding carboxylic acids is 1. The van der Waals surface area contributed by atoms with Crippen LogP contribution >= 0.6 is 0 Å². The Bertz CT molecular complexity index is 971. The molecule has 0 spiro atoms. The van der Waals surface area contributed by atoms with E-state index in [4.69, 9.17) is 4.74 Å². The van der Waals surface area contributed by atoms with Crippen LogP contribution in [0.25, 0.3) is 11.3 Å². The zero-order valence-electron chi connectivity index (χ0n) is 17.4. The number of aliphatic hydroxyl groups is 2. The first-order valence-corrected chi connectivity index (χ1v) is 10.4. The van der Waals surface area contributed by atoms with Gasteiger partial charge in [-0.2, -0.15) is 0 Å². The summed E-state index contributed by atoms with van der Waals surface area (Å²) in [5, 5.41) is 22.3. The topological polar surface area (TPSA) is 82.0 Å². The Morgan fingerprint density at radius 1 is 1.07 bits per heavy atom. The summed E-state index contributed by atoms with van der Waals surface area (Å²) in [5.74, 6) is 0.513. The largest absolute Gasteiger partial charge is 0.487 e. The third kappa shape index (κ3) is 4.26. The smallest absolute Gasteiger partial charge is 0.260 e. The van der Waals surface area contributed by atoms with Gasteiger partial charge in [-0.05, 0) is 31.9 Å². The summed E-state index contributed by atoms with van der Waals surface area (Å²) in [6.07, 6.45) is -0.0688. The van der Waals surface area contributed by atoms with E-state index in [0.717, 1.165) is 35.3 Å². The SMILES string of the molecule is CC(O)CN(CCc1ccc2c(c1)CO/C2=C1/C(=O)Nc2ccccc21)CC(C)O. The van der Waals surface area contributed by atoms with E-state index in [2.05, 4.69) is 22.3 Å². The molecule has 2 aliphatic rings. The average Bonchev–Trinajstić information content (AvgIpc) is 3.24. The van der Waals surface area contributed by atoms with E-state index in [1.54, 1.807) is 13.8 Å². The fourth-order valence-corrected chi connectivity index (χ4v) is 4.21. The molecule has 158 valence electrons. The molecule has 1 amide bonds. The van der Waals surface area contributed by atoms with E-state index < -0.39 is 12.2 Å². The van der Waals surface area contributed by atoms with Crippen LogP contribution < -0.4 is 5.32 Å². The molecule has 2 aromatic carbocycles. The van der Waals surface area contributed by atoms with Crippen molar-refractivity contribution in [3.63, 3.8) is 0 Å². The predicted molar refractivity (Wildman–Crippen MR) is 117 cm³/mol. The average molecular weight is 408 g/mol. The molecule has 2 heterocycles. The first kappa shape index (κ1) is 20.6. The molecular weight excluding hydrogens is 380 g/mol. The van der Waals surface area contributed by atoms with Crippen LogP contribution in [-0.2, 0) is 22.6 Å². The van der Waals surface area contributed by atoms with Gasteiger partial charge in [0.15, 0.2) is 0 Å². The molecule has 6 nitrogen and oxygen atoms in total. The minimum Gasteiger partial charge on any atom is -0.487 e. The molecule has 2 atom stereocenters. The van der Waals surface area contributed by atoms with E-state index in [0.29, 0.717) is 31.0 Å². The van der Waals surface area contributed by atoms with Gasteiger partial charge in [-0.25, -0.2) is 0 Å². The van der Waals surface area contributed by atoms with E-state index in [9.17, 15) is 15.0 Å². The number of nitrogens with zero attached hydrogens (tertiary/aromatic N) is 1. The highest BCUT2D eigenvalue weighted by molar-refractivity contribution is 6.36. The Labute approximate surface area is 176 Å². The fraction of sp³-hybridized carbons (Fsp3) is 0.375. The molecule has 30 heavy (non-hydrogen) atoms. The number of carbonyl (C=O) groups is 1. The van der Waals surface area contributed by atoms with Gasteiger partial charge in [0.2, 0.25) is 0 Å². The molecule has 0 bridgehead atoms. The van der Waals surface area contributed by atoms with Crippen molar-refractivity contribution in [2.75, 3.05) is 25.0 Å². The molecule has 2 unspecified atom stereocenters. The molecule has 3 N–H and O–H groups in total. The quantitative estimate of drug-likeness (QED) is 0.614. The standard InChI is InChI=1S/C24H28N2O4/c1-15(27)12-26(13-16(2)28)10-9-17-7-8-19-18(11-17)14-30-23(19)22-20-5-3-4-6-21(20)25-24(22)29/h3-8,11,15-16,27-28H,9-10,12-14H2,1-2H3,(H,25,29)/b23-22+. The second-order valence-electron chi connectivity index (χ2n) is 8.19. The van der Waals surface area contributed by atoms with Gasteiger partial charge in [0.25, 0.3) is 5.91 Å². The number of anilines is 1. The predicted octanol–water partition coefficient (Wildman–Crippen LogP) is 2.64. The Morgan fingerprint density at radius 3 is 2.53 bits per heavy atom. The van der Waals surface area contributed by atoms with Crippen LogP contribution in [0.1, 0.15) is 36.1 Å². The van der Waals surface area contributed by atoms with Crippen molar-refractivity contribution in [3.8, 4) is 0 Å². The van der Waals surface area contributed by atoms with Gasteiger partial charge in [-0.3, -0.25) is 9.69 Å². The highest BCUT2D eigenvalue weighted by Gasteiger charge is 2.32. The van der Waals surface area contributed by atoms with E-state index >= 15 is 0 Å². The monoisotopic (exact) mass is 408 g/mol. The summed E-state index contributed by atoms with van der Waals surface area (Å²) in [7, 11) is 0. The summed E-state index contributed by atoms with van der Waals surface area (Å²) >= 11 is 0. The van der Waals surface area contributed by atoms with Gasteiger partial charge in [-0.1, -0.05) is 36.4 Å². The lowest BCUT2D eigenvalue weighted by Crippen LogP contribution is -2.37. The maximum Gasteiger partial charge on any atom is 0.260 e. The van der Waals surface area contributed by atoms with Crippen molar-refractivity contribution in [2.45, 2.75) is 39.1 Å². The Morgan fingerprint density at radius 2 is 1.80 bits per heavy atom. The summed E-state index contributed by atoms with van der Waals surface area (Å²) in [6, 6.07) is 13.9. The molecule has 0 saturated carbocycles. The Balaban J connectivity index is 1.54. The number of para-hydroxylation sites is 1. The summed E-state index contributed by atoms with van der Waals surface area (Å²) < 4.78 is 5.96. The van der Waals surface area contributed by atoms with Gasteiger partial charge < -0.3 is 20.3 Å². The summed E-state index contributed by atoms with van der Waals surface area (Å²) in [4.78, 5) is 14.6. The van der Waals surface area contributed by atoms with Crippen molar-refractivity contribution < 1.29 is 19.7 Å². The second-order valence-corrected chi connectivity index (χ2v) is 8.19. The third-order valence-corrected chi connectivity index (χ3v) is 5.45. The number of rotatable bonds is 7. The van der Waals surface area contributed by atoms with Crippen LogP contribution in [0.5, 0.6) is 0 Å². The van der Waals surface area contributed by atoms with Crippen molar-refractivity contribution in [1.82, 2.24) is 4.90 Å². The van der Waals surface area contributed by atoms with E-state index in [1.807, 2.05) is 30.3 Å². The van der Waals surface area contributed by atoms with Crippen molar-refractivity contribution >= 4 is 22.9 Å². The maximum atomic E-state index is 12.6. The lowest BCUT2D eigenvalue weighted by atomic mass is 9.98. The number of hydrogen-bond acceptors (Lipinski definition) is 5. The first-order chi connectivity index (χ1) is 14.4. The first-order valence-electron chi connectivity index (χ1n) is 10.4. The maximum absolute atomic E-state index is 12.6. The van der Waals surface area contributed by atoms with Gasteiger partial charge in [-0.15, -0.1) is 0 Å². The number of hydrogen-bond donors (Lipinski definition) is 3. The van der Waals surface area contributed by atoms with Crippen molar-refractivity contribution in [3.05, 3.63) is 64.7 Å². The Hall–Kier alpha value is -2.67. The zero-order valence-corrected chi connectivity index (χ0v) is 17.4. The van der Waals surface area contributed by atoms with Gasteiger partial charge in [0.1, 0.15) is 12.4 Å². The number of fused-ring (bicyclic) bond motifs is 2. The summed E-state index contributed by atoms with van der Waals surface area (Å²) in [5.41, 5.74) is 5.49. The molecule has 2 aromatic rings. The van der Waals surface area contributed by atoms with Crippen LogP contribution in [0.2, 0.25) is 0 Å². The molecule has 6 heteroatoms. The van der Waals surface area contributed by atoms with Crippen LogP contribution in [-0.4, -0.2) is 52.9 Å². The summed E-state index contributed by atoms with van der Waals surface area (Å²) in [6.45, 7) is 5.78. The minimum absolute atomic E-state index is 0.130. The molecular formula is C24H28N2O4. The lowest BCUT2D eigenvalue weighted by molar-refractivity contribution is -0.110. The molecule has 4 rings (SSSR count). The molecule has 2 aliphatic heterocycles. The molecule has 0 aromatic heterocycles. The van der Waals surface area contributed by atoms with Gasteiger partial charge in [0.05, 0.1) is 17.8 Å². The van der Waals surface area contributed by atoms with Crippen molar-refractivity contribution in [1.29, 1.82) is 0 Å². The molecule has 0 radical (unpaired) electrons. The van der Waals surface area contributed by atoms with Crippen LogP contribution in [0.4, 0.5) is 5.69 Å². The Kier molecular flexibility index (Phi) is 5.90. The number of benzene rings is 2. The lowest BCUT2D eigenvalue weighted by Gasteiger charge is -2.25. The van der Waals surface area contributed by atoms with Gasteiger partial charge in [0, 0.05) is 42.0 Å². The fourth-order valence-electron chi connectivity index (χ4n) is 4.21. The normalized spacial score (nSPS) is 19.3. The third-order valence-electron chi connectivity index (χ3n) is 5.45. The highest BCUT2D eigenvalue weighted by atomic mass is 16.5.